The molecule has 0 saturated heterocycles. The number of carboxylic acids is 1. The minimum atomic E-state index is -0.972. The third-order valence-electron chi connectivity index (χ3n) is 6.32. The summed E-state index contributed by atoms with van der Waals surface area (Å²) < 4.78 is 16.8. The van der Waals surface area contributed by atoms with Crippen LogP contribution in [0.1, 0.15) is 49.8 Å². The van der Waals surface area contributed by atoms with Crippen molar-refractivity contribution < 1.29 is 28.9 Å². The summed E-state index contributed by atoms with van der Waals surface area (Å²) in [5.41, 5.74) is 4.37. The minimum absolute atomic E-state index is 0.150. The highest BCUT2D eigenvalue weighted by atomic mass is 16.5. The molecule has 0 saturated carbocycles. The number of anilines is 1. The van der Waals surface area contributed by atoms with Crippen LogP contribution in [0, 0.1) is 0 Å². The number of amides is 2. The molecule has 3 rings (SSSR count). The molecule has 202 valence electrons. The molecule has 2 amide bonds. The van der Waals surface area contributed by atoms with Crippen molar-refractivity contribution in [1.29, 1.82) is 0 Å². The Bertz CT molecular complexity index is 994. The molecular formula is C29H40N2O6. The van der Waals surface area contributed by atoms with Gasteiger partial charge < -0.3 is 29.5 Å². The fraction of sp³-hybridized carbons (Fsp3) is 0.517. The van der Waals surface area contributed by atoms with Crippen molar-refractivity contribution in [3.63, 3.8) is 0 Å². The van der Waals surface area contributed by atoms with Gasteiger partial charge in [-0.2, -0.15) is 0 Å². The van der Waals surface area contributed by atoms with Crippen LogP contribution in [-0.4, -0.2) is 67.6 Å². The van der Waals surface area contributed by atoms with E-state index in [0.717, 1.165) is 43.5 Å². The van der Waals surface area contributed by atoms with Crippen molar-refractivity contribution in [2.75, 3.05) is 44.8 Å². The molecule has 37 heavy (non-hydrogen) atoms. The zero-order valence-corrected chi connectivity index (χ0v) is 22.0. The Morgan fingerprint density at radius 1 is 1.00 bits per heavy atom. The van der Waals surface area contributed by atoms with Gasteiger partial charge in [0.25, 0.3) is 0 Å². The molecule has 0 heterocycles. The summed E-state index contributed by atoms with van der Waals surface area (Å²) in [7, 11) is 0. The number of ether oxygens (including phenoxy) is 3. The van der Waals surface area contributed by atoms with Crippen LogP contribution in [0.3, 0.4) is 0 Å². The van der Waals surface area contributed by atoms with E-state index in [1.807, 2.05) is 30.3 Å². The number of urea groups is 1. The van der Waals surface area contributed by atoms with Crippen LogP contribution in [0.25, 0.3) is 0 Å². The van der Waals surface area contributed by atoms with E-state index in [-0.39, 0.29) is 6.03 Å². The predicted octanol–water partition coefficient (Wildman–Crippen LogP) is 4.94. The van der Waals surface area contributed by atoms with Crippen LogP contribution in [-0.2, 0) is 33.5 Å². The van der Waals surface area contributed by atoms with Gasteiger partial charge in [-0.25, -0.2) is 9.59 Å². The summed E-state index contributed by atoms with van der Waals surface area (Å²) in [6, 6.07) is 13.3. The monoisotopic (exact) mass is 512 g/mol. The molecule has 0 bridgehead atoms. The number of carbonyl (C=O) groups is 2. The van der Waals surface area contributed by atoms with Gasteiger partial charge in [0, 0.05) is 38.5 Å². The van der Waals surface area contributed by atoms with Crippen molar-refractivity contribution in [2.45, 2.75) is 58.5 Å². The number of benzene rings is 2. The molecule has 0 aliphatic heterocycles. The molecule has 0 aromatic heterocycles. The Labute approximate surface area is 219 Å². The number of carboxylic acid groups (broad SMARTS) is 1. The smallest absolute Gasteiger partial charge is 0.333 e. The van der Waals surface area contributed by atoms with Crippen molar-refractivity contribution in [2.24, 2.45) is 0 Å². The quantitative estimate of drug-likeness (QED) is 0.309. The molecule has 1 aliphatic rings. The second-order valence-corrected chi connectivity index (χ2v) is 9.20. The third kappa shape index (κ3) is 9.37. The minimum Gasteiger partial charge on any atom is -0.492 e. The average Bonchev–Trinajstić information content (AvgIpc) is 3.36. The number of nitrogens with one attached hydrogen (secondary N) is 1. The molecule has 8 nitrogen and oxygen atoms in total. The first-order chi connectivity index (χ1) is 18.0. The second kappa shape index (κ2) is 15.2. The topological polar surface area (TPSA) is 97.3 Å². The van der Waals surface area contributed by atoms with Crippen molar-refractivity contribution >= 4 is 17.7 Å². The van der Waals surface area contributed by atoms with Crippen LogP contribution in [0.15, 0.2) is 42.5 Å². The summed E-state index contributed by atoms with van der Waals surface area (Å²) in [5.74, 6) is -0.308. The van der Waals surface area contributed by atoms with Crippen LogP contribution in [0.5, 0.6) is 5.75 Å². The Kier molecular flexibility index (Phi) is 11.7. The van der Waals surface area contributed by atoms with E-state index in [1.165, 1.54) is 17.5 Å². The summed E-state index contributed by atoms with van der Waals surface area (Å²) >= 11 is 0. The van der Waals surface area contributed by atoms with E-state index in [1.54, 1.807) is 11.8 Å². The first kappa shape index (κ1) is 28.5. The van der Waals surface area contributed by atoms with Gasteiger partial charge in [-0.1, -0.05) is 25.1 Å². The normalized spacial score (nSPS) is 13.1. The summed E-state index contributed by atoms with van der Waals surface area (Å²) in [6.45, 7) is 6.86. The van der Waals surface area contributed by atoms with Gasteiger partial charge in [-0.05, 0) is 80.0 Å². The molecule has 1 unspecified atom stereocenters. The highest BCUT2D eigenvalue weighted by molar-refractivity contribution is 5.89. The molecular weight excluding hydrogens is 472 g/mol. The lowest BCUT2D eigenvalue weighted by Crippen LogP contribution is -2.39. The van der Waals surface area contributed by atoms with Gasteiger partial charge in [0.05, 0.1) is 6.54 Å². The van der Waals surface area contributed by atoms with Crippen LogP contribution < -0.4 is 10.1 Å². The Morgan fingerprint density at radius 2 is 1.78 bits per heavy atom. The zero-order chi connectivity index (χ0) is 26.5. The number of hydrogen-bond acceptors (Lipinski definition) is 5. The number of aryl methyl sites for hydroxylation is 2. The van der Waals surface area contributed by atoms with Crippen molar-refractivity contribution in [3.05, 3.63) is 59.2 Å². The van der Waals surface area contributed by atoms with Crippen LogP contribution in [0.2, 0.25) is 0 Å². The Hall–Kier alpha value is -3.10. The Balaban J connectivity index is 1.53. The van der Waals surface area contributed by atoms with Gasteiger partial charge in [0.15, 0.2) is 6.10 Å². The van der Waals surface area contributed by atoms with Gasteiger partial charge in [-0.3, -0.25) is 0 Å². The lowest BCUT2D eigenvalue weighted by atomic mass is 10.1. The van der Waals surface area contributed by atoms with Gasteiger partial charge in [0.1, 0.15) is 12.4 Å². The molecule has 2 aromatic rings. The highest BCUT2D eigenvalue weighted by Gasteiger charge is 2.18. The van der Waals surface area contributed by atoms with E-state index in [2.05, 4.69) is 24.4 Å². The molecule has 0 radical (unpaired) electrons. The molecule has 2 aromatic carbocycles. The van der Waals surface area contributed by atoms with Crippen LogP contribution >= 0.6 is 0 Å². The van der Waals surface area contributed by atoms with E-state index in [0.29, 0.717) is 45.1 Å². The first-order valence-corrected chi connectivity index (χ1v) is 13.3. The number of rotatable bonds is 16. The maximum absolute atomic E-state index is 13.1. The number of carbonyl (C=O) groups excluding carboxylic acids is 1. The SMILES string of the molecule is CCCOCCCN(CCOc1ccc(CC(OCC)C(=O)O)cc1)C(=O)Nc1ccc2c(c1)CCC2. The van der Waals surface area contributed by atoms with Gasteiger partial charge >= 0.3 is 12.0 Å². The van der Waals surface area contributed by atoms with Crippen molar-refractivity contribution in [3.8, 4) is 5.75 Å². The maximum Gasteiger partial charge on any atom is 0.333 e. The molecule has 2 N–H and O–H groups in total. The van der Waals surface area contributed by atoms with E-state index in [9.17, 15) is 14.7 Å². The van der Waals surface area contributed by atoms with Crippen molar-refractivity contribution in [1.82, 2.24) is 4.90 Å². The standard InChI is InChI=1S/C29H40N2O6/c1-3-17-35-18-6-15-31(29(34)30-25-12-11-23-7-5-8-24(23)21-25)16-19-37-26-13-9-22(10-14-26)20-27(28(32)33)36-4-2/h9-14,21,27H,3-8,15-20H2,1-2H3,(H,30,34)(H,32,33). The van der Waals surface area contributed by atoms with E-state index in [4.69, 9.17) is 14.2 Å². The highest BCUT2D eigenvalue weighted by Crippen LogP contribution is 2.25. The number of hydrogen-bond donors (Lipinski definition) is 2. The Morgan fingerprint density at radius 3 is 2.51 bits per heavy atom. The lowest BCUT2D eigenvalue weighted by Gasteiger charge is -2.23. The molecule has 0 fully saturated rings. The predicted molar refractivity (Wildman–Crippen MR) is 143 cm³/mol. The number of nitrogens with zero attached hydrogens (tertiary/aromatic N) is 1. The van der Waals surface area contributed by atoms with E-state index >= 15 is 0 Å². The average molecular weight is 513 g/mol. The van der Waals surface area contributed by atoms with Gasteiger partial charge in [-0.15, -0.1) is 0 Å². The second-order valence-electron chi connectivity index (χ2n) is 9.20. The third-order valence-corrected chi connectivity index (χ3v) is 6.32. The van der Waals surface area contributed by atoms with Gasteiger partial charge in [0.2, 0.25) is 0 Å². The maximum atomic E-state index is 13.1. The summed E-state index contributed by atoms with van der Waals surface area (Å²) in [4.78, 5) is 26.2. The largest absolute Gasteiger partial charge is 0.492 e. The molecule has 8 heteroatoms. The lowest BCUT2D eigenvalue weighted by molar-refractivity contribution is -0.149. The summed E-state index contributed by atoms with van der Waals surface area (Å²) in [6.07, 6.45) is 4.48. The number of aliphatic carboxylic acids is 1. The molecule has 1 atom stereocenters. The first-order valence-electron chi connectivity index (χ1n) is 13.3. The number of fused-ring (bicyclic) bond motifs is 1. The fourth-order valence-corrected chi connectivity index (χ4v) is 4.40. The van der Waals surface area contributed by atoms with E-state index < -0.39 is 12.1 Å². The molecule has 0 spiro atoms. The molecule has 1 aliphatic carbocycles. The summed E-state index contributed by atoms with van der Waals surface area (Å²) in [5, 5.41) is 12.3. The van der Waals surface area contributed by atoms with Crippen LogP contribution in [0.4, 0.5) is 10.5 Å². The fourth-order valence-electron chi connectivity index (χ4n) is 4.40. The zero-order valence-electron chi connectivity index (χ0n) is 22.0.